The van der Waals surface area contributed by atoms with E-state index in [0.717, 1.165) is 42.9 Å². The van der Waals surface area contributed by atoms with Gasteiger partial charge in [0, 0.05) is 31.6 Å². The summed E-state index contributed by atoms with van der Waals surface area (Å²) in [5, 5.41) is 17.2. The van der Waals surface area contributed by atoms with Crippen molar-refractivity contribution in [1.29, 1.82) is 5.26 Å². The number of rotatable bonds is 8. The van der Waals surface area contributed by atoms with Gasteiger partial charge in [-0.1, -0.05) is 17.3 Å². The number of ether oxygens (including phenoxy) is 3. The van der Waals surface area contributed by atoms with Crippen molar-refractivity contribution < 1.29 is 19.0 Å². The molecule has 1 aliphatic rings. The first-order valence-corrected chi connectivity index (χ1v) is 11.3. The van der Waals surface area contributed by atoms with Crippen molar-refractivity contribution in [2.24, 2.45) is 0 Å². The predicted octanol–water partition coefficient (Wildman–Crippen LogP) is 3.43. The average molecular weight is 462 g/mol. The summed E-state index contributed by atoms with van der Waals surface area (Å²) in [7, 11) is 1.62. The van der Waals surface area contributed by atoms with Crippen molar-refractivity contribution in [3.05, 3.63) is 65.4 Å². The number of methoxy groups -OCH3 is 1. The van der Waals surface area contributed by atoms with Gasteiger partial charge in [0.2, 0.25) is 11.6 Å². The van der Waals surface area contributed by atoms with E-state index in [2.05, 4.69) is 21.3 Å². The van der Waals surface area contributed by atoms with Crippen LogP contribution in [0.2, 0.25) is 0 Å². The molecule has 0 atom stereocenters. The van der Waals surface area contributed by atoms with Crippen LogP contribution in [0.25, 0.3) is 0 Å². The van der Waals surface area contributed by atoms with E-state index in [1.807, 2.05) is 48.5 Å². The Morgan fingerprint density at radius 2 is 1.82 bits per heavy atom. The number of carbonyl (C=O) groups is 1. The molecule has 3 aromatic rings. The Balaban J connectivity index is 1.47. The fourth-order valence-electron chi connectivity index (χ4n) is 3.89. The number of nitriles is 1. The van der Waals surface area contributed by atoms with Gasteiger partial charge >= 0.3 is 5.97 Å². The molecule has 0 unspecified atom stereocenters. The van der Waals surface area contributed by atoms with Crippen molar-refractivity contribution in [2.45, 2.75) is 32.4 Å². The van der Waals surface area contributed by atoms with E-state index >= 15 is 0 Å². The number of aromatic nitrogens is 3. The highest BCUT2D eigenvalue weighted by Gasteiger charge is 2.28. The van der Waals surface area contributed by atoms with Crippen LogP contribution in [0.4, 0.5) is 5.69 Å². The van der Waals surface area contributed by atoms with E-state index in [4.69, 9.17) is 19.5 Å². The van der Waals surface area contributed by atoms with E-state index in [0.29, 0.717) is 18.0 Å². The van der Waals surface area contributed by atoms with Gasteiger partial charge in [0.25, 0.3) is 0 Å². The Labute approximate surface area is 198 Å². The Kier molecular flexibility index (Phi) is 7.28. The van der Waals surface area contributed by atoms with Gasteiger partial charge in [-0.15, -0.1) is 5.10 Å². The SMILES string of the molecule is CCOC(=O)c1nnn(Cc2ccc(OC)cc2)c1OC1CCN(c2ccc(C#N)cc2)CC1. The molecule has 0 aliphatic carbocycles. The van der Waals surface area contributed by atoms with Gasteiger partial charge in [0.15, 0.2) is 0 Å². The standard InChI is InChI=1S/C25H27N5O4/c1-3-33-25(31)23-24(30(28-27-23)17-19-6-10-21(32-2)11-7-19)34-22-12-14-29(15-13-22)20-8-4-18(16-26)5-9-20/h4-11,22H,3,12-15,17H2,1-2H3. The molecule has 34 heavy (non-hydrogen) atoms. The molecule has 0 spiro atoms. The van der Waals surface area contributed by atoms with Crippen molar-refractivity contribution in [2.75, 3.05) is 31.7 Å². The van der Waals surface area contributed by atoms with Crippen LogP contribution in [0.15, 0.2) is 48.5 Å². The fraction of sp³-hybridized carbons (Fsp3) is 0.360. The first-order chi connectivity index (χ1) is 16.6. The Morgan fingerprint density at radius 1 is 1.12 bits per heavy atom. The normalized spacial score (nSPS) is 13.9. The number of carbonyl (C=O) groups excluding carboxylic acids is 1. The molecule has 1 aliphatic heterocycles. The van der Waals surface area contributed by atoms with Gasteiger partial charge in [-0.3, -0.25) is 0 Å². The van der Waals surface area contributed by atoms with Crippen LogP contribution in [0.5, 0.6) is 11.6 Å². The van der Waals surface area contributed by atoms with Crippen molar-refractivity contribution in [3.63, 3.8) is 0 Å². The Morgan fingerprint density at radius 3 is 2.44 bits per heavy atom. The minimum Gasteiger partial charge on any atom is -0.497 e. The summed E-state index contributed by atoms with van der Waals surface area (Å²) < 4.78 is 18.3. The van der Waals surface area contributed by atoms with Gasteiger partial charge in [-0.25, -0.2) is 9.48 Å². The molecule has 1 saturated heterocycles. The highest BCUT2D eigenvalue weighted by atomic mass is 16.5. The van der Waals surface area contributed by atoms with E-state index in [1.165, 1.54) is 0 Å². The van der Waals surface area contributed by atoms with Crippen molar-refractivity contribution >= 4 is 11.7 Å². The van der Waals surface area contributed by atoms with Crippen LogP contribution in [-0.4, -0.2) is 53.9 Å². The molecular weight excluding hydrogens is 434 g/mol. The predicted molar refractivity (Wildman–Crippen MR) is 125 cm³/mol. The number of nitrogens with zero attached hydrogens (tertiary/aromatic N) is 5. The summed E-state index contributed by atoms with van der Waals surface area (Å²) in [5.74, 6) is 0.541. The third-order valence-electron chi connectivity index (χ3n) is 5.73. The summed E-state index contributed by atoms with van der Waals surface area (Å²) in [6.45, 7) is 3.98. The Hall–Kier alpha value is -4.06. The lowest BCUT2D eigenvalue weighted by atomic mass is 10.1. The minimum atomic E-state index is -0.548. The number of hydrogen-bond acceptors (Lipinski definition) is 8. The van der Waals surface area contributed by atoms with Crippen LogP contribution < -0.4 is 14.4 Å². The number of anilines is 1. The zero-order valence-electron chi connectivity index (χ0n) is 19.3. The van der Waals surface area contributed by atoms with Gasteiger partial charge in [0.05, 0.1) is 31.9 Å². The number of benzene rings is 2. The topological polar surface area (TPSA) is 102 Å². The minimum absolute atomic E-state index is 0.0871. The van der Waals surface area contributed by atoms with Crippen LogP contribution >= 0.6 is 0 Å². The molecular formula is C25H27N5O4. The van der Waals surface area contributed by atoms with Crippen LogP contribution in [0.1, 0.15) is 41.4 Å². The second kappa shape index (κ2) is 10.7. The third kappa shape index (κ3) is 5.29. The van der Waals surface area contributed by atoms with Crippen LogP contribution in [0, 0.1) is 11.3 Å². The highest BCUT2D eigenvalue weighted by Crippen LogP contribution is 2.26. The molecule has 176 valence electrons. The summed E-state index contributed by atoms with van der Waals surface area (Å²) in [5.41, 5.74) is 2.79. The lowest BCUT2D eigenvalue weighted by Crippen LogP contribution is -2.38. The molecule has 0 saturated carbocycles. The van der Waals surface area contributed by atoms with Crippen molar-refractivity contribution in [3.8, 4) is 17.7 Å². The zero-order valence-corrected chi connectivity index (χ0v) is 19.3. The van der Waals surface area contributed by atoms with E-state index in [9.17, 15) is 4.79 Å². The molecule has 0 bridgehead atoms. The molecule has 0 radical (unpaired) electrons. The number of hydrogen-bond donors (Lipinski definition) is 0. The maximum atomic E-state index is 12.5. The number of esters is 1. The lowest BCUT2D eigenvalue weighted by molar-refractivity contribution is 0.0509. The van der Waals surface area contributed by atoms with E-state index in [-0.39, 0.29) is 18.4 Å². The molecule has 0 amide bonds. The van der Waals surface area contributed by atoms with Gasteiger partial charge < -0.3 is 19.1 Å². The maximum Gasteiger partial charge on any atom is 0.364 e. The molecule has 1 fully saturated rings. The molecule has 1 aromatic heterocycles. The summed E-state index contributed by atoms with van der Waals surface area (Å²) in [6.07, 6.45) is 1.46. The highest BCUT2D eigenvalue weighted by molar-refractivity contribution is 5.89. The van der Waals surface area contributed by atoms with Gasteiger partial charge in [-0.2, -0.15) is 5.26 Å². The Bertz CT molecular complexity index is 1140. The molecule has 9 nitrogen and oxygen atoms in total. The summed E-state index contributed by atoms with van der Waals surface area (Å²) in [6, 6.07) is 17.3. The molecule has 2 heterocycles. The average Bonchev–Trinajstić information content (AvgIpc) is 3.27. The van der Waals surface area contributed by atoms with Crippen LogP contribution in [0.3, 0.4) is 0 Å². The van der Waals surface area contributed by atoms with Crippen molar-refractivity contribution in [1.82, 2.24) is 15.0 Å². The largest absolute Gasteiger partial charge is 0.497 e. The van der Waals surface area contributed by atoms with Crippen LogP contribution in [-0.2, 0) is 11.3 Å². The lowest BCUT2D eigenvalue weighted by Gasteiger charge is -2.33. The van der Waals surface area contributed by atoms with E-state index in [1.54, 1.807) is 18.7 Å². The molecule has 9 heteroatoms. The van der Waals surface area contributed by atoms with E-state index < -0.39 is 5.97 Å². The summed E-state index contributed by atoms with van der Waals surface area (Å²) >= 11 is 0. The number of piperidine rings is 1. The zero-order chi connectivity index (χ0) is 23.9. The summed E-state index contributed by atoms with van der Waals surface area (Å²) in [4.78, 5) is 14.7. The second-order valence-electron chi connectivity index (χ2n) is 7.93. The first-order valence-electron chi connectivity index (χ1n) is 11.3. The third-order valence-corrected chi connectivity index (χ3v) is 5.73. The fourth-order valence-corrected chi connectivity index (χ4v) is 3.89. The monoisotopic (exact) mass is 461 g/mol. The molecule has 0 N–H and O–H groups in total. The maximum absolute atomic E-state index is 12.5. The van der Waals surface area contributed by atoms with Gasteiger partial charge in [-0.05, 0) is 48.9 Å². The smallest absolute Gasteiger partial charge is 0.364 e. The molecule has 4 rings (SSSR count). The molecule has 2 aromatic carbocycles. The quantitative estimate of drug-likeness (QED) is 0.470. The second-order valence-corrected chi connectivity index (χ2v) is 7.93. The van der Waals surface area contributed by atoms with Gasteiger partial charge in [0.1, 0.15) is 11.9 Å². The first kappa shape index (κ1) is 23.1.